The number of benzene rings is 2. The Morgan fingerprint density at radius 2 is 1.67 bits per heavy atom. The lowest BCUT2D eigenvalue weighted by molar-refractivity contribution is -0.105. The topological polar surface area (TPSA) is 27.7 Å². The van der Waals surface area contributed by atoms with Crippen LogP contribution in [0, 0.1) is 5.92 Å². The number of hydrogen-bond donors (Lipinski definition) is 0. The Kier molecular flexibility index (Phi) is 8.08. The van der Waals surface area contributed by atoms with Crippen LogP contribution in [0.4, 0.5) is 0 Å². The van der Waals surface area contributed by atoms with Crippen molar-refractivity contribution in [2.45, 2.75) is 45.5 Å². The summed E-state index contributed by atoms with van der Waals surface area (Å²) in [5.74, 6) is 1.06. The molecule has 0 radical (unpaired) electrons. The summed E-state index contributed by atoms with van der Waals surface area (Å²) in [6.07, 6.45) is 2.73. The average molecular weight is 369 g/mol. The average Bonchev–Trinajstić information content (AvgIpc) is 2.69. The van der Waals surface area contributed by atoms with Gasteiger partial charge in [-0.05, 0) is 50.5 Å². The summed E-state index contributed by atoms with van der Waals surface area (Å²) >= 11 is 0. The molecule has 2 rings (SSSR count). The first-order chi connectivity index (χ1) is 13.0. The van der Waals surface area contributed by atoms with E-state index in [0.717, 1.165) is 17.7 Å². The highest BCUT2D eigenvalue weighted by Gasteiger charge is 2.35. The minimum absolute atomic E-state index is 0.0344. The molecular formula is C24H32O3. The predicted molar refractivity (Wildman–Crippen MR) is 111 cm³/mol. The zero-order valence-electron chi connectivity index (χ0n) is 17.0. The molecule has 2 atom stereocenters. The molecule has 2 aromatic rings. The molecule has 0 unspecified atom stereocenters. The van der Waals surface area contributed by atoms with Crippen LogP contribution in [-0.4, -0.2) is 25.4 Å². The van der Waals surface area contributed by atoms with Crippen molar-refractivity contribution in [2.75, 3.05) is 13.7 Å². The molecule has 0 aliphatic heterocycles. The third-order valence-electron chi connectivity index (χ3n) is 5.00. The second-order valence-corrected chi connectivity index (χ2v) is 7.36. The van der Waals surface area contributed by atoms with Gasteiger partial charge in [0.25, 0.3) is 0 Å². The van der Waals surface area contributed by atoms with E-state index in [1.54, 1.807) is 13.2 Å². The molecule has 0 saturated heterocycles. The van der Waals surface area contributed by atoms with Gasteiger partial charge < -0.3 is 14.2 Å². The normalized spacial score (nSPS) is 13.8. The molecule has 2 aromatic carbocycles. The van der Waals surface area contributed by atoms with Crippen molar-refractivity contribution in [1.29, 1.82) is 0 Å². The SMILES string of the molecule is C=CCOC(C)(C)[C@@H](Cc1ccccc1)[C@H](C)OCc1ccc(OC)cc1. The second-order valence-electron chi connectivity index (χ2n) is 7.36. The van der Waals surface area contributed by atoms with E-state index in [-0.39, 0.29) is 17.6 Å². The highest BCUT2D eigenvalue weighted by Crippen LogP contribution is 2.30. The van der Waals surface area contributed by atoms with Crippen LogP contribution >= 0.6 is 0 Å². The lowest BCUT2D eigenvalue weighted by atomic mass is 9.81. The van der Waals surface area contributed by atoms with Gasteiger partial charge in [-0.3, -0.25) is 0 Å². The van der Waals surface area contributed by atoms with Crippen LogP contribution in [-0.2, 0) is 22.5 Å². The van der Waals surface area contributed by atoms with Crippen molar-refractivity contribution >= 4 is 0 Å². The van der Waals surface area contributed by atoms with Crippen LogP contribution in [0.5, 0.6) is 5.75 Å². The van der Waals surface area contributed by atoms with Gasteiger partial charge in [-0.2, -0.15) is 0 Å². The van der Waals surface area contributed by atoms with Crippen molar-refractivity contribution in [3.8, 4) is 5.75 Å². The van der Waals surface area contributed by atoms with Gasteiger partial charge in [-0.1, -0.05) is 48.5 Å². The van der Waals surface area contributed by atoms with Gasteiger partial charge in [0.05, 0.1) is 32.0 Å². The summed E-state index contributed by atoms with van der Waals surface area (Å²) < 4.78 is 17.6. The van der Waals surface area contributed by atoms with Crippen molar-refractivity contribution in [3.05, 3.63) is 78.4 Å². The van der Waals surface area contributed by atoms with Crippen molar-refractivity contribution in [2.24, 2.45) is 5.92 Å². The molecule has 0 saturated carbocycles. The van der Waals surface area contributed by atoms with Crippen molar-refractivity contribution in [3.63, 3.8) is 0 Å². The summed E-state index contributed by atoms with van der Waals surface area (Å²) in [6, 6.07) is 18.5. The fourth-order valence-electron chi connectivity index (χ4n) is 3.29. The smallest absolute Gasteiger partial charge is 0.118 e. The first-order valence-corrected chi connectivity index (χ1v) is 9.49. The van der Waals surface area contributed by atoms with Gasteiger partial charge in [-0.15, -0.1) is 6.58 Å². The van der Waals surface area contributed by atoms with Crippen LogP contribution in [0.3, 0.4) is 0 Å². The standard InChI is InChI=1S/C24H32O3/c1-6-16-27-24(3,4)23(17-20-10-8-7-9-11-20)19(2)26-18-21-12-14-22(25-5)15-13-21/h6-15,19,23H,1,16-18H2,2-5H3/t19-,23-/m0/s1. The second kappa shape index (κ2) is 10.3. The summed E-state index contributed by atoms with van der Waals surface area (Å²) in [7, 11) is 1.67. The van der Waals surface area contributed by atoms with Gasteiger partial charge in [0.1, 0.15) is 5.75 Å². The summed E-state index contributed by atoms with van der Waals surface area (Å²) in [5, 5.41) is 0. The zero-order chi connectivity index (χ0) is 19.7. The zero-order valence-corrected chi connectivity index (χ0v) is 17.0. The Morgan fingerprint density at radius 1 is 1.00 bits per heavy atom. The molecule has 0 bridgehead atoms. The molecule has 146 valence electrons. The van der Waals surface area contributed by atoms with Gasteiger partial charge in [0, 0.05) is 5.92 Å². The molecule has 0 fully saturated rings. The van der Waals surface area contributed by atoms with E-state index in [1.165, 1.54) is 5.56 Å². The molecule has 3 heteroatoms. The third-order valence-corrected chi connectivity index (χ3v) is 5.00. The molecule has 0 N–H and O–H groups in total. The monoisotopic (exact) mass is 368 g/mol. The Hall–Kier alpha value is -2.10. The van der Waals surface area contributed by atoms with E-state index in [0.29, 0.717) is 13.2 Å². The predicted octanol–water partition coefficient (Wildman–Crippen LogP) is 5.44. The number of ether oxygens (including phenoxy) is 3. The Balaban J connectivity index is 2.08. The Bertz CT molecular complexity index is 677. The van der Waals surface area contributed by atoms with E-state index in [9.17, 15) is 0 Å². The van der Waals surface area contributed by atoms with Gasteiger partial charge >= 0.3 is 0 Å². The molecule has 27 heavy (non-hydrogen) atoms. The van der Waals surface area contributed by atoms with Gasteiger partial charge in [0.2, 0.25) is 0 Å². The van der Waals surface area contributed by atoms with E-state index >= 15 is 0 Å². The van der Waals surface area contributed by atoms with Crippen LogP contribution in [0.25, 0.3) is 0 Å². The highest BCUT2D eigenvalue weighted by molar-refractivity contribution is 5.26. The quantitative estimate of drug-likeness (QED) is 0.494. The van der Waals surface area contributed by atoms with E-state index in [4.69, 9.17) is 14.2 Å². The number of rotatable bonds is 11. The first kappa shape index (κ1) is 21.2. The largest absolute Gasteiger partial charge is 0.497 e. The molecule has 0 aliphatic rings. The van der Waals surface area contributed by atoms with Gasteiger partial charge in [0.15, 0.2) is 0 Å². The van der Waals surface area contributed by atoms with E-state index in [2.05, 4.69) is 51.6 Å². The molecule has 3 nitrogen and oxygen atoms in total. The van der Waals surface area contributed by atoms with Crippen molar-refractivity contribution < 1.29 is 14.2 Å². The minimum atomic E-state index is -0.330. The fraction of sp³-hybridized carbons (Fsp3) is 0.417. The Morgan fingerprint density at radius 3 is 2.26 bits per heavy atom. The summed E-state index contributed by atoms with van der Waals surface area (Å²) in [4.78, 5) is 0. The Labute approximate surface area is 164 Å². The maximum Gasteiger partial charge on any atom is 0.118 e. The van der Waals surface area contributed by atoms with Crippen LogP contribution < -0.4 is 4.74 Å². The maximum absolute atomic E-state index is 6.26. The summed E-state index contributed by atoms with van der Waals surface area (Å²) in [5.41, 5.74) is 2.09. The fourth-order valence-corrected chi connectivity index (χ4v) is 3.29. The van der Waals surface area contributed by atoms with Crippen LogP contribution in [0.2, 0.25) is 0 Å². The highest BCUT2D eigenvalue weighted by atomic mass is 16.5. The van der Waals surface area contributed by atoms with Gasteiger partial charge in [-0.25, -0.2) is 0 Å². The summed E-state index contributed by atoms with van der Waals surface area (Å²) in [6.45, 7) is 11.3. The molecule has 0 aromatic heterocycles. The molecular weight excluding hydrogens is 336 g/mol. The van der Waals surface area contributed by atoms with Crippen LogP contribution in [0.15, 0.2) is 67.3 Å². The lowest BCUT2D eigenvalue weighted by Crippen LogP contribution is -2.43. The van der Waals surface area contributed by atoms with Crippen LogP contribution in [0.1, 0.15) is 31.9 Å². The minimum Gasteiger partial charge on any atom is -0.497 e. The maximum atomic E-state index is 6.26. The number of hydrogen-bond acceptors (Lipinski definition) is 3. The molecule has 0 heterocycles. The molecule has 0 amide bonds. The van der Waals surface area contributed by atoms with E-state index < -0.39 is 0 Å². The first-order valence-electron chi connectivity index (χ1n) is 9.49. The molecule has 0 spiro atoms. The number of methoxy groups -OCH3 is 1. The third kappa shape index (κ3) is 6.53. The lowest BCUT2D eigenvalue weighted by Gasteiger charge is -2.38. The van der Waals surface area contributed by atoms with Crippen molar-refractivity contribution in [1.82, 2.24) is 0 Å². The van der Waals surface area contributed by atoms with E-state index in [1.807, 2.05) is 30.3 Å². The molecule has 0 aliphatic carbocycles.